The first-order chi connectivity index (χ1) is 18.3. The van der Waals surface area contributed by atoms with Crippen LogP contribution in [-0.4, -0.2) is 50.4 Å². The van der Waals surface area contributed by atoms with Crippen LogP contribution in [0.1, 0.15) is 56.9 Å². The first kappa shape index (κ1) is 28.8. The molecule has 4 rings (SSSR count). The number of hydrogen-bond acceptors (Lipinski definition) is 6. The highest BCUT2D eigenvalue weighted by atomic mass is 19.4. The van der Waals surface area contributed by atoms with Crippen molar-refractivity contribution in [3.63, 3.8) is 0 Å². The van der Waals surface area contributed by atoms with Gasteiger partial charge in [-0.3, -0.25) is 4.79 Å². The standard InChI is InChI=1S/C29H37F3O6/c1-2-8-23-24(26(18-25(23)33)38-28-12-4-6-16-35-28)14-13-22(37-27-11-3-5-15-34-27)19-36-21-10-7-9-20(17-21)29(30,31)32/h2,7,9-10,13-14,17,22-24,26-28H,1,3-6,8,11-12,15-16,18-19H2/b14-13+/t22-,23-,24-,26-,27?,28?/m1/s1. The molecule has 0 spiro atoms. The van der Waals surface area contributed by atoms with Gasteiger partial charge in [-0.05, 0) is 63.1 Å². The Morgan fingerprint density at radius 2 is 1.82 bits per heavy atom. The summed E-state index contributed by atoms with van der Waals surface area (Å²) in [6, 6.07) is 4.77. The summed E-state index contributed by atoms with van der Waals surface area (Å²) in [5.74, 6) is -0.262. The Morgan fingerprint density at radius 3 is 2.47 bits per heavy atom. The van der Waals surface area contributed by atoms with Crippen molar-refractivity contribution in [2.75, 3.05) is 19.8 Å². The number of halogens is 3. The number of carbonyl (C=O) groups excluding carboxylic acids is 1. The molecule has 3 aliphatic rings. The number of carbonyl (C=O) groups is 1. The summed E-state index contributed by atoms with van der Waals surface area (Å²) in [4.78, 5) is 12.8. The van der Waals surface area contributed by atoms with E-state index in [4.69, 9.17) is 23.7 Å². The largest absolute Gasteiger partial charge is 0.491 e. The van der Waals surface area contributed by atoms with E-state index in [1.165, 1.54) is 12.1 Å². The number of rotatable bonds is 11. The van der Waals surface area contributed by atoms with E-state index in [1.807, 2.05) is 12.2 Å². The lowest BCUT2D eigenvalue weighted by Gasteiger charge is -2.29. The van der Waals surface area contributed by atoms with Gasteiger partial charge < -0.3 is 23.7 Å². The smallest absolute Gasteiger partial charge is 0.416 e. The zero-order chi connectivity index (χ0) is 27.0. The second-order valence-corrected chi connectivity index (χ2v) is 10.0. The molecule has 0 bridgehead atoms. The normalized spacial score (nSPS) is 29.4. The second-order valence-electron chi connectivity index (χ2n) is 10.0. The molecule has 0 amide bonds. The summed E-state index contributed by atoms with van der Waals surface area (Å²) in [7, 11) is 0. The molecule has 0 N–H and O–H groups in total. The predicted octanol–water partition coefficient (Wildman–Crippen LogP) is 6.25. The molecule has 6 atom stereocenters. The van der Waals surface area contributed by atoms with Crippen LogP contribution in [0.4, 0.5) is 13.2 Å². The van der Waals surface area contributed by atoms with Gasteiger partial charge in [-0.15, -0.1) is 6.58 Å². The Hall–Kier alpha value is -2.20. The van der Waals surface area contributed by atoms with Gasteiger partial charge in [0.25, 0.3) is 0 Å². The molecule has 1 saturated carbocycles. The molecule has 38 heavy (non-hydrogen) atoms. The van der Waals surface area contributed by atoms with Gasteiger partial charge in [0.15, 0.2) is 12.6 Å². The van der Waals surface area contributed by atoms with Gasteiger partial charge in [-0.25, -0.2) is 0 Å². The minimum atomic E-state index is -4.46. The van der Waals surface area contributed by atoms with E-state index in [1.54, 1.807) is 6.08 Å². The molecule has 0 aromatic heterocycles. The predicted molar refractivity (Wildman–Crippen MR) is 134 cm³/mol. The third kappa shape index (κ3) is 8.15. The second kappa shape index (κ2) is 13.7. The molecule has 6 nitrogen and oxygen atoms in total. The fourth-order valence-corrected chi connectivity index (χ4v) is 5.18. The summed E-state index contributed by atoms with van der Waals surface area (Å²) in [6.07, 6.45) is 5.62. The van der Waals surface area contributed by atoms with Crippen molar-refractivity contribution in [2.24, 2.45) is 11.8 Å². The van der Waals surface area contributed by atoms with Crippen molar-refractivity contribution in [2.45, 2.75) is 82.3 Å². The summed E-state index contributed by atoms with van der Waals surface area (Å²) in [5, 5.41) is 0. The molecule has 9 heteroatoms. The molecular weight excluding hydrogens is 501 g/mol. The van der Waals surface area contributed by atoms with Crippen molar-refractivity contribution in [1.82, 2.24) is 0 Å². The first-order valence-electron chi connectivity index (χ1n) is 13.5. The number of alkyl halides is 3. The van der Waals surface area contributed by atoms with Crippen molar-refractivity contribution in [3.05, 3.63) is 54.6 Å². The maximum atomic E-state index is 13.1. The van der Waals surface area contributed by atoms with Crippen LogP contribution in [0, 0.1) is 11.8 Å². The molecule has 2 unspecified atom stereocenters. The van der Waals surface area contributed by atoms with E-state index >= 15 is 0 Å². The van der Waals surface area contributed by atoms with Crippen molar-refractivity contribution in [1.29, 1.82) is 0 Å². The van der Waals surface area contributed by atoms with Gasteiger partial charge >= 0.3 is 6.18 Å². The van der Waals surface area contributed by atoms with E-state index < -0.39 is 24.1 Å². The van der Waals surface area contributed by atoms with Crippen molar-refractivity contribution in [3.8, 4) is 5.75 Å². The molecule has 3 fully saturated rings. The van der Waals surface area contributed by atoms with Crippen LogP contribution in [0.5, 0.6) is 5.75 Å². The van der Waals surface area contributed by atoms with E-state index in [0.717, 1.165) is 50.7 Å². The maximum Gasteiger partial charge on any atom is 0.416 e. The molecule has 2 heterocycles. The van der Waals surface area contributed by atoms with Gasteiger partial charge in [0.2, 0.25) is 0 Å². The lowest BCUT2D eigenvalue weighted by molar-refractivity contribution is -0.192. The van der Waals surface area contributed by atoms with Crippen LogP contribution >= 0.6 is 0 Å². The minimum absolute atomic E-state index is 0.0122. The molecule has 1 aromatic carbocycles. The highest BCUT2D eigenvalue weighted by Gasteiger charge is 2.42. The lowest BCUT2D eigenvalue weighted by atomic mass is 9.90. The zero-order valence-corrected chi connectivity index (χ0v) is 21.6. The number of ether oxygens (including phenoxy) is 5. The topological polar surface area (TPSA) is 63.2 Å². The quantitative estimate of drug-likeness (QED) is 0.311. The van der Waals surface area contributed by atoms with E-state index in [9.17, 15) is 18.0 Å². The molecule has 0 radical (unpaired) electrons. The molecule has 2 saturated heterocycles. The monoisotopic (exact) mass is 538 g/mol. The fraction of sp³-hybridized carbons (Fsp3) is 0.621. The van der Waals surface area contributed by atoms with E-state index in [-0.39, 0.29) is 42.4 Å². The number of hydrogen-bond donors (Lipinski definition) is 0. The maximum absolute atomic E-state index is 13.1. The van der Waals surface area contributed by atoms with Gasteiger partial charge in [0.05, 0.1) is 11.7 Å². The van der Waals surface area contributed by atoms with Crippen LogP contribution in [0.25, 0.3) is 0 Å². The van der Waals surface area contributed by atoms with Crippen LogP contribution in [0.3, 0.4) is 0 Å². The van der Waals surface area contributed by atoms with Gasteiger partial charge in [-0.1, -0.05) is 24.3 Å². The Kier molecular flexibility index (Phi) is 10.4. The third-order valence-corrected chi connectivity index (χ3v) is 7.18. The number of ketones is 1. The van der Waals surface area contributed by atoms with Gasteiger partial charge in [0, 0.05) is 31.5 Å². The summed E-state index contributed by atoms with van der Waals surface area (Å²) >= 11 is 0. The molecule has 1 aliphatic carbocycles. The van der Waals surface area contributed by atoms with Crippen LogP contribution in [0.15, 0.2) is 49.1 Å². The minimum Gasteiger partial charge on any atom is -0.491 e. The summed E-state index contributed by atoms with van der Waals surface area (Å²) < 4.78 is 69.0. The number of Topliss-reactive ketones (excluding diaryl/α,β-unsaturated/α-hetero) is 1. The summed E-state index contributed by atoms with van der Waals surface area (Å²) in [6.45, 7) is 5.03. The molecular formula is C29H37F3O6. The zero-order valence-electron chi connectivity index (χ0n) is 21.6. The average molecular weight is 539 g/mol. The first-order valence-corrected chi connectivity index (χ1v) is 13.5. The van der Waals surface area contributed by atoms with Crippen LogP contribution in [0.2, 0.25) is 0 Å². The SMILES string of the molecule is C=CC[C@H]1C(=O)C[C@@H](OC2CCCCO2)[C@@H]1/C=C/[C@H](COc1cccc(C(F)(F)F)c1)OC1CCCCO1. The average Bonchev–Trinajstić information content (AvgIpc) is 3.20. The van der Waals surface area contributed by atoms with Crippen LogP contribution in [-0.2, 0) is 29.9 Å². The molecule has 210 valence electrons. The van der Waals surface area contributed by atoms with Gasteiger partial charge in [-0.2, -0.15) is 13.2 Å². The Morgan fingerprint density at radius 1 is 1.08 bits per heavy atom. The number of benzene rings is 1. The van der Waals surface area contributed by atoms with Crippen molar-refractivity contribution < 1.29 is 41.7 Å². The summed E-state index contributed by atoms with van der Waals surface area (Å²) in [5.41, 5.74) is -0.778. The third-order valence-electron chi connectivity index (χ3n) is 7.18. The lowest BCUT2D eigenvalue weighted by Crippen LogP contribution is -2.32. The number of allylic oxidation sites excluding steroid dienone is 1. The van der Waals surface area contributed by atoms with Crippen LogP contribution < -0.4 is 4.74 Å². The van der Waals surface area contributed by atoms with Crippen molar-refractivity contribution >= 4 is 5.78 Å². The Labute approximate surface area is 222 Å². The van der Waals surface area contributed by atoms with E-state index in [2.05, 4.69) is 6.58 Å². The van der Waals surface area contributed by atoms with Gasteiger partial charge in [0.1, 0.15) is 24.2 Å². The van der Waals surface area contributed by atoms with E-state index in [0.29, 0.717) is 26.1 Å². The Balaban J connectivity index is 1.48. The fourth-order valence-electron chi connectivity index (χ4n) is 5.18. The molecule has 1 aromatic rings. The molecule has 2 aliphatic heterocycles. The highest BCUT2D eigenvalue weighted by Crippen LogP contribution is 2.37. The highest BCUT2D eigenvalue weighted by molar-refractivity contribution is 5.84. The Bertz CT molecular complexity index is 936.